The van der Waals surface area contributed by atoms with Gasteiger partial charge in [-0.15, -0.1) is 0 Å². The Balaban J connectivity index is 2.47. The number of hydrogen-bond donors (Lipinski definition) is 2. The van der Waals surface area contributed by atoms with Crippen LogP contribution in [-0.2, 0) is 4.74 Å². The Morgan fingerprint density at radius 2 is 2.07 bits per heavy atom. The summed E-state index contributed by atoms with van der Waals surface area (Å²) in [6, 6.07) is 0.343. The molecule has 3 nitrogen and oxygen atoms in total. The number of hydrazine groups is 1. The monoisotopic (exact) mass is 214 g/mol. The normalized spacial score (nSPS) is 29.0. The van der Waals surface area contributed by atoms with Gasteiger partial charge in [0.15, 0.2) is 0 Å². The first-order chi connectivity index (χ1) is 7.33. The van der Waals surface area contributed by atoms with Crippen LogP contribution in [0.3, 0.4) is 0 Å². The van der Waals surface area contributed by atoms with Crippen molar-refractivity contribution >= 4 is 0 Å². The largest absolute Gasteiger partial charge is 0.380 e. The Morgan fingerprint density at radius 3 is 2.67 bits per heavy atom. The summed E-state index contributed by atoms with van der Waals surface area (Å²) in [5.74, 6) is 7.17. The van der Waals surface area contributed by atoms with Crippen LogP contribution in [0.4, 0.5) is 0 Å². The van der Waals surface area contributed by atoms with Crippen LogP contribution in [0.15, 0.2) is 0 Å². The summed E-state index contributed by atoms with van der Waals surface area (Å²) in [7, 11) is 0. The topological polar surface area (TPSA) is 47.3 Å². The summed E-state index contributed by atoms with van der Waals surface area (Å²) in [4.78, 5) is 0. The lowest BCUT2D eigenvalue weighted by Crippen LogP contribution is -2.47. The molecule has 0 aliphatic heterocycles. The highest BCUT2D eigenvalue weighted by atomic mass is 16.5. The van der Waals surface area contributed by atoms with Crippen LogP contribution >= 0.6 is 0 Å². The van der Waals surface area contributed by atoms with Gasteiger partial charge in [0, 0.05) is 12.6 Å². The van der Waals surface area contributed by atoms with Gasteiger partial charge in [0.2, 0.25) is 0 Å². The minimum atomic E-state index is 0.343. The van der Waals surface area contributed by atoms with Crippen molar-refractivity contribution in [2.75, 3.05) is 13.2 Å². The van der Waals surface area contributed by atoms with E-state index >= 15 is 0 Å². The maximum Gasteiger partial charge on any atom is 0.0635 e. The van der Waals surface area contributed by atoms with Crippen LogP contribution in [0.5, 0.6) is 0 Å². The molecular weight excluding hydrogens is 188 g/mol. The first-order valence-corrected chi connectivity index (χ1v) is 6.37. The molecule has 1 aliphatic carbocycles. The second-order valence-corrected chi connectivity index (χ2v) is 4.55. The van der Waals surface area contributed by atoms with Crippen LogP contribution in [0.2, 0.25) is 0 Å². The van der Waals surface area contributed by atoms with Gasteiger partial charge in [-0.3, -0.25) is 11.3 Å². The van der Waals surface area contributed by atoms with Gasteiger partial charge in [-0.2, -0.15) is 0 Å². The van der Waals surface area contributed by atoms with Crippen LogP contribution in [-0.4, -0.2) is 19.3 Å². The molecule has 0 amide bonds. The van der Waals surface area contributed by atoms with E-state index in [0.717, 1.165) is 19.1 Å². The molecule has 15 heavy (non-hydrogen) atoms. The van der Waals surface area contributed by atoms with Crippen molar-refractivity contribution in [1.82, 2.24) is 5.43 Å². The van der Waals surface area contributed by atoms with Crippen LogP contribution in [0, 0.1) is 11.8 Å². The summed E-state index contributed by atoms with van der Waals surface area (Å²) in [6.07, 6.45) is 6.69. The average Bonchev–Trinajstić information content (AvgIpc) is 2.30. The Morgan fingerprint density at radius 1 is 1.33 bits per heavy atom. The van der Waals surface area contributed by atoms with E-state index in [1.807, 2.05) is 6.92 Å². The van der Waals surface area contributed by atoms with E-state index in [2.05, 4.69) is 12.3 Å². The van der Waals surface area contributed by atoms with Crippen LogP contribution in [0.25, 0.3) is 0 Å². The molecule has 0 bridgehead atoms. The first-order valence-electron chi connectivity index (χ1n) is 6.37. The fourth-order valence-electron chi connectivity index (χ4n) is 2.81. The van der Waals surface area contributed by atoms with E-state index in [0.29, 0.717) is 12.0 Å². The van der Waals surface area contributed by atoms with Crippen LogP contribution in [0.1, 0.15) is 46.0 Å². The zero-order chi connectivity index (χ0) is 11.1. The summed E-state index contributed by atoms with van der Waals surface area (Å²) < 4.78 is 5.49. The summed E-state index contributed by atoms with van der Waals surface area (Å²) in [5, 5.41) is 0. The molecule has 1 fully saturated rings. The maximum atomic E-state index is 5.63. The summed E-state index contributed by atoms with van der Waals surface area (Å²) in [6.45, 7) is 5.86. The molecule has 3 atom stereocenters. The molecule has 1 rings (SSSR count). The average molecular weight is 214 g/mol. The molecule has 90 valence electrons. The van der Waals surface area contributed by atoms with Crippen molar-refractivity contribution in [2.45, 2.75) is 52.0 Å². The molecule has 0 radical (unpaired) electrons. The SMILES string of the molecule is CCOCC(NN)C1CCCCC1CC. The summed E-state index contributed by atoms with van der Waals surface area (Å²) >= 11 is 0. The highest BCUT2D eigenvalue weighted by Gasteiger charge is 2.30. The van der Waals surface area contributed by atoms with E-state index in [4.69, 9.17) is 10.6 Å². The van der Waals surface area contributed by atoms with E-state index in [1.54, 1.807) is 0 Å². The van der Waals surface area contributed by atoms with E-state index < -0.39 is 0 Å². The highest BCUT2D eigenvalue weighted by Crippen LogP contribution is 2.34. The summed E-state index contributed by atoms with van der Waals surface area (Å²) in [5.41, 5.74) is 2.95. The fraction of sp³-hybridized carbons (Fsp3) is 1.00. The second-order valence-electron chi connectivity index (χ2n) is 4.55. The number of nitrogens with one attached hydrogen (secondary N) is 1. The second kappa shape index (κ2) is 7.20. The Kier molecular flexibility index (Phi) is 6.22. The number of hydrogen-bond acceptors (Lipinski definition) is 3. The molecule has 1 aliphatic rings. The standard InChI is InChI=1S/C12H26N2O/c1-3-10-7-5-6-8-11(10)12(14-13)9-15-4-2/h10-12,14H,3-9,13H2,1-2H3. The van der Waals surface area contributed by atoms with Gasteiger partial charge in [0.1, 0.15) is 0 Å². The Hall–Kier alpha value is -0.120. The number of nitrogens with two attached hydrogens (primary N) is 1. The Labute approximate surface area is 93.7 Å². The quantitative estimate of drug-likeness (QED) is 0.525. The number of ether oxygens (including phenoxy) is 1. The van der Waals surface area contributed by atoms with Gasteiger partial charge >= 0.3 is 0 Å². The third kappa shape index (κ3) is 3.74. The smallest absolute Gasteiger partial charge is 0.0635 e. The molecular formula is C12H26N2O. The molecule has 0 aromatic heterocycles. The fourth-order valence-corrected chi connectivity index (χ4v) is 2.81. The van der Waals surface area contributed by atoms with Crippen molar-refractivity contribution in [3.63, 3.8) is 0 Å². The first kappa shape index (κ1) is 12.9. The predicted octanol–water partition coefficient (Wildman–Crippen LogP) is 2.07. The molecule has 0 aromatic carbocycles. The van der Waals surface area contributed by atoms with Crippen molar-refractivity contribution in [1.29, 1.82) is 0 Å². The van der Waals surface area contributed by atoms with Gasteiger partial charge < -0.3 is 4.74 Å². The van der Waals surface area contributed by atoms with E-state index in [9.17, 15) is 0 Å². The minimum absolute atomic E-state index is 0.343. The van der Waals surface area contributed by atoms with Gasteiger partial charge in [0.25, 0.3) is 0 Å². The van der Waals surface area contributed by atoms with Crippen molar-refractivity contribution in [3.05, 3.63) is 0 Å². The van der Waals surface area contributed by atoms with Crippen molar-refractivity contribution in [3.8, 4) is 0 Å². The molecule has 0 spiro atoms. The molecule has 0 heterocycles. The van der Waals surface area contributed by atoms with Gasteiger partial charge in [-0.1, -0.05) is 32.6 Å². The zero-order valence-electron chi connectivity index (χ0n) is 10.2. The Bertz CT molecular complexity index is 164. The molecule has 0 saturated heterocycles. The van der Waals surface area contributed by atoms with Crippen molar-refractivity contribution < 1.29 is 4.74 Å². The van der Waals surface area contributed by atoms with E-state index in [1.165, 1.54) is 32.1 Å². The molecule has 3 unspecified atom stereocenters. The minimum Gasteiger partial charge on any atom is -0.380 e. The predicted molar refractivity (Wildman–Crippen MR) is 63.3 cm³/mol. The molecule has 1 saturated carbocycles. The van der Waals surface area contributed by atoms with Gasteiger partial charge in [-0.25, -0.2) is 0 Å². The molecule has 0 aromatic rings. The van der Waals surface area contributed by atoms with Crippen LogP contribution < -0.4 is 11.3 Å². The van der Waals surface area contributed by atoms with E-state index in [-0.39, 0.29) is 0 Å². The lowest BCUT2D eigenvalue weighted by Gasteiger charge is -2.36. The highest BCUT2D eigenvalue weighted by molar-refractivity contribution is 4.83. The lowest BCUT2D eigenvalue weighted by atomic mass is 9.74. The third-order valence-electron chi connectivity index (χ3n) is 3.72. The maximum absolute atomic E-state index is 5.63. The third-order valence-corrected chi connectivity index (χ3v) is 3.72. The number of rotatable bonds is 6. The van der Waals surface area contributed by atoms with Crippen molar-refractivity contribution in [2.24, 2.45) is 17.7 Å². The van der Waals surface area contributed by atoms with Gasteiger partial charge in [0.05, 0.1) is 6.61 Å². The zero-order valence-corrected chi connectivity index (χ0v) is 10.2. The molecule has 3 heteroatoms. The lowest BCUT2D eigenvalue weighted by molar-refractivity contribution is 0.0720. The molecule has 3 N–H and O–H groups in total. The van der Waals surface area contributed by atoms with Gasteiger partial charge in [-0.05, 0) is 25.2 Å².